The van der Waals surface area contributed by atoms with Crippen LogP contribution in [0.25, 0.3) is 0 Å². The van der Waals surface area contributed by atoms with E-state index >= 15 is 0 Å². The van der Waals surface area contributed by atoms with Gasteiger partial charge in [0.05, 0.1) is 13.3 Å². The van der Waals surface area contributed by atoms with E-state index in [0.717, 1.165) is 38.2 Å². The zero-order valence-electron chi connectivity index (χ0n) is 12.1. The quantitative estimate of drug-likeness (QED) is 0.911. The first kappa shape index (κ1) is 14.7. The van der Waals surface area contributed by atoms with Crippen LogP contribution in [0.2, 0.25) is 0 Å². The van der Waals surface area contributed by atoms with Crippen molar-refractivity contribution in [3.05, 3.63) is 23.6 Å². The van der Waals surface area contributed by atoms with Gasteiger partial charge in [-0.2, -0.15) is 0 Å². The van der Waals surface area contributed by atoms with Crippen LogP contribution >= 0.6 is 0 Å². The highest BCUT2D eigenvalue weighted by molar-refractivity contribution is 5.96. The number of nitrogens with zero attached hydrogens (tertiary/aromatic N) is 2. The number of aromatic nitrogens is 1. The summed E-state index contributed by atoms with van der Waals surface area (Å²) in [7, 11) is 3.47. The summed E-state index contributed by atoms with van der Waals surface area (Å²) in [5.41, 5.74) is -0.145. The van der Waals surface area contributed by atoms with Crippen molar-refractivity contribution in [2.75, 3.05) is 27.2 Å². The van der Waals surface area contributed by atoms with Gasteiger partial charge in [0.15, 0.2) is 0 Å². The molecule has 1 amide bonds. The van der Waals surface area contributed by atoms with E-state index in [4.69, 9.17) is 4.74 Å². The number of ether oxygens (including phenoxy) is 1. The van der Waals surface area contributed by atoms with Crippen LogP contribution in [0.15, 0.2) is 12.3 Å². The van der Waals surface area contributed by atoms with E-state index in [-0.39, 0.29) is 22.9 Å². The number of amides is 1. The van der Waals surface area contributed by atoms with Crippen molar-refractivity contribution in [2.24, 2.45) is 0 Å². The summed E-state index contributed by atoms with van der Waals surface area (Å²) in [6.45, 7) is 3.86. The van der Waals surface area contributed by atoms with Crippen LogP contribution in [0.3, 0.4) is 0 Å². The van der Waals surface area contributed by atoms with Crippen LogP contribution in [0.4, 0.5) is 4.39 Å². The lowest BCUT2D eigenvalue weighted by Gasteiger charge is -2.38. The Balaban J connectivity index is 2.14. The molecule has 0 aromatic carbocycles. The van der Waals surface area contributed by atoms with Crippen LogP contribution in [0.5, 0.6) is 5.88 Å². The standard InChI is InChI=1S/C14H20FN3O2/c1-14(4-6-18(2)7-5-14)17-12(19)11-8-10(15)9-16-13(11)20-3/h8-9H,4-7H2,1-3H3,(H,17,19). The van der Waals surface area contributed by atoms with Gasteiger partial charge >= 0.3 is 0 Å². The number of hydrogen-bond acceptors (Lipinski definition) is 4. The molecular formula is C14H20FN3O2. The van der Waals surface area contributed by atoms with E-state index in [0.29, 0.717) is 0 Å². The fourth-order valence-electron chi connectivity index (χ4n) is 2.33. The topological polar surface area (TPSA) is 54.5 Å². The van der Waals surface area contributed by atoms with E-state index in [1.165, 1.54) is 7.11 Å². The highest BCUT2D eigenvalue weighted by Gasteiger charge is 2.31. The number of nitrogens with one attached hydrogen (secondary N) is 1. The number of methoxy groups -OCH3 is 1. The van der Waals surface area contributed by atoms with E-state index < -0.39 is 5.82 Å². The van der Waals surface area contributed by atoms with Gasteiger partial charge in [-0.25, -0.2) is 9.37 Å². The van der Waals surface area contributed by atoms with Crippen molar-refractivity contribution < 1.29 is 13.9 Å². The summed E-state index contributed by atoms with van der Waals surface area (Å²) in [5.74, 6) is -0.759. The van der Waals surface area contributed by atoms with Crippen molar-refractivity contribution in [1.82, 2.24) is 15.2 Å². The van der Waals surface area contributed by atoms with Crippen molar-refractivity contribution in [1.29, 1.82) is 0 Å². The lowest BCUT2D eigenvalue weighted by Crippen LogP contribution is -2.52. The van der Waals surface area contributed by atoms with E-state index in [1.54, 1.807) is 0 Å². The SMILES string of the molecule is COc1ncc(F)cc1C(=O)NC1(C)CCN(C)CC1. The van der Waals surface area contributed by atoms with E-state index in [2.05, 4.69) is 22.2 Å². The number of hydrogen-bond donors (Lipinski definition) is 1. The van der Waals surface area contributed by atoms with Crippen LogP contribution in [-0.4, -0.2) is 48.6 Å². The molecule has 20 heavy (non-hydrogen) atoms. The van der Waals surface area contributed by atoms with Gasteiger partial charge < -0.3 is 15.0 Å². The highest BCUT2D eigenvalue weighted by Crippen LogP contribution is 2.23. The minimum Gasteiger partial charge on any atom is -0.480 e. The Labute approximate surface area is 118 Å². The Bertz CT molecular complexity index is 499. The molecule has 110 valence electrons. The third-order valence-electron chi connectivity index (χ3n) is 3.76. The van der Waals surface area contributed by atoms with E-state index in [9.17, 15) is 9.18 Å². The second kappa shape index (κ2) is 5.75. The molecule has 0 atom stereocenters. The zero-order valence-corrected chi connectivity index (χ0v) is 12.1. The minimum absolute atomic E-state index is 0.132. The maximum atomic E-state index is 13.3. The molecule has 1 aliphatic heterocycles. The van der Waals surface area contributed by atoms with Crippen LogP contribution < -0.4 is 10.1 Å². The monoisotopic (exact) mass is 281 g/mol. The van der Waals surface area contributed by atoms with Gasteiger partial charge in [-0.05, 0) is 32.9 Å². The first-order valence-corrected chi connectivity index (χ1v) is 6.64. The molecule has 1 saturated heterocycles. The summed E-state index contributed by atoms with van der Waals surface area (Å²) < 4.78 is 18.3. The first-order chi connectivity index (χ1) is 9.43. The zero-order chi connectivity index (χ0) is 14.8. The van der Waals surface area contributed by atoms with Crippen LogP contribution in [0, 0.1) is 5.82 Å². The number of pyridine rings is 1. The lowest BCUT2D eigenvalue weighted by molar-refractivity contribution is 0.0847. The number of piperidine rings is 1. The molecule has 1 aromatic heterocycles. The van der Waals surface area contributed by atoms with Gasteiger partial charge in [-0.3, -0.25) is 4.79 Å². The van der Waals surface area contributed by atoms with Crippen molar-refractivity contribution >= 4 is 5.91 Å². The lowest BCUT2D eigenvalue weighted by atomic mass is 9.89. The largest absolute Gasteiger partial charge is 0.480 e. The highest BCUT2D eigenvalue weighted by atomic mass is 19.1. The molecule has 0 aliphatic carbocycles. The molecule has 1 aliphatic rings. The Morgan fingerprint density at radius 1 is 1.50 bits per heavy atom. The number of rotatable bonds is 3. The van der Waals surface area contributed by atoms with Gasteiger partial charge in [0.2, 0.25) is 5.88 Å². The van der Waals surface area contributed by atoms with Crippen molar-refractivity contribution in [3.63, 3.8) is 0 Å². The summed E-state index contributed by atoms with van der Waals surface area (Å²) in [5, 5.41) is 2.98. The normalized spacial score (nSPS) is 18.6. The van der Waals surface area contributed by atoms with Gasteiger partial charge in [-0.1, -0.05) is 0 Å². The smallest absolute Gasteiger partial charge is 0.257 e. The molecule has 1 aromatic rings. The van der Waals surface area contributed by atoms with Gasteiger partial charge in [0, 0.05) is 18.6 Å². The number of carbonyl (C=O) groups excluding carboxylic acids is 1. The molecular weight excluding hydrogens is 261 g/mol. The molecule has 5 nitrogen and oxygen atoms in total. The molecule has 1 N–H and O–H groups in total. The summed E-state index contributed by atoms with van der Waals surface area (Å²) >= 11 is 0. The predicted molar refractivity (Wildman–Crippen MR) is 73.3 cm³/mol. The van der Waals surface area contributed by atoms with Gasteiger partial charge in [-0.15, -0.1) is 0 Å². The predicted octanol–water partition coefficient (Wildman–Crippen LogP) is 1.44. The van der Waals surface area contributed by atoms with Crippen molar-refractivity contribution in [3.8, 4) is 5.88 Å². The second-order valence-electron chi connectivity index (χ2n) is 5.53. The van der Waals surface area contributed by atoms with E-state index in [1.807, 2.05) is 6.92 Å². The maximum Gasteiger partial charge on any atom is 0.257 e. The minimum atomic E-state index is -0.551. The number of carbonyl (C=O) groups is 1. The third kappa shape index (κ3) is 3.25. The van der Waals surface area contributed by atoms with Crippen LogP contribution in [-0.2, 0) is 0 Å². The fraction of sp³-hybridized carbons (Fsp3) is 0.571. The average Bonchev–Trinajstić information content (AvgIpc) is 2.42. The summed E-state index contributed by atoms with van der Waals surface area (Å²) in [4.78, 5) is 18.3. The number of halogens is 1. The Hall–Kier alpha value is -1.69. The molecule has 0 radical (unpaired) electrons. The summed E-state index contributed by atoms with van der Waals surface area (Å²) in [6.07, 6.45) is 2.76. The average molecular weight is 281 g/mol. The Kier molecular flexibility index (Phi) is 4.23. The molecule has 0 saturated carbocycles. The molecule has 6 heteroatoms. The molecule has 0 bridgehead atoms. The Morgan fingerprint density at radius 3 is 2.75 bits per heavy atom. The van der Waals surface area contributed by atoms with Crippen molar-refractivity contribution in [2.45, 2.75) is 25.3 Å². The first-order valence-electron chi connectivity index (χ1n) is 6.64. The molecule has 2 rings (SSSR count). The molecule has 2 heterocycles. The molecule has 0 unspecified atom stereocenters. The third-order valence-corrected chi connectivity index (χ3v) is 3.76. The number of likely N-dealkylation sites (tertiary alicyclic amines) is 1. The molecule has 1 fully saturated rings. The van der Waals surface area contributed by atoms with Gasteiger partial charge in [0.1, 0.15) is 11.4 Å². The second-order valence-corrected chi connectivity index (χ2v) is 5.53. The molecule has 0 spiro atoms. The maximum absolute atomic E-state index is 13.3. The fourth-order valence-corrected chi connectivity index (χ4v) is 2.33. The Morgan fingerprint density at radius 2 is 2.15 bits per heavy atom. The summed E-state index contributed by atoms with van der Waals surface area (Å²) in [6, 6.07) is 1.15. The van der Waals surface area contributed by atoms with Gasteiger partial charge in [0.25, 0.3) is 5.91 Å². The van der Waals surface area contributed by atoms with Crippen LogP contribution in [0.1, 0.15) is 30.1 Å².